The second kappa shape index (κ2) is 9.52. The lowest BCUT2D eigenvalue weighted by Gasteiger charge is -2.24. The van der Waals surface area contributed by atoms with Crippen molar-refractivity contribution < 1.29 is 14.3 Å². The van der Waals surface area contributed by atoms with Gasteiger partial charge in [-0.15, -0.1) is 0 Å². The average molecular weight is 331 g/mol. The third kappa shape index (κ3) is 8.75. The van der Waals surface area contributed by atoms with Gasteiger partial charge in [-0.05, 0) is 37.6 Å². The van der Waals surface area contributed by atoms with E-state index in [9.17, 15) is 4.79 Å². The Morgan fingerprint density at radius 1 is 1.36 bits per heavy atom. The first-order valence-electron chi connectivity index (χ1n) is 8.49. The zero-order chi connectivity index (χ0) is 16.6. The Hall–Kier alpha value is -0.593. The quantitative estimate of drug-likeness (QED) is 0.729. The molecule has 0 aliphatic carbocycles. The maximum Gasteiger partial charge on any atom is 0.409 e. The fourth-order valence-corrected chi connectivity index (χ4v) is 3.40. The van der Waals surface area contributed by atoms with Crippen molar-refractivity contribution in [3.63, 3.8) is 0 Å². The minimum Gasteiger partial charge on any atom is -0.450 e. The van der Waals surface area contributed by atoms with E-state index in [1.54, 1.807) is 11.9 Å². The Kier molecular flexibility index (Phi) is 8.42. The lowest BCUT2D eigenvalue weighted by molar-refractivity contribution is 0.112. The van der Waals surface area contributed by atoms with Gasteiger partial charge in [0.1, 0.15) is 0 Å². The predicted octanol–water partition coefficient (Wildman–Crippen LogP) is 2.93. The normalized spacial score (nSPS) is 21.0. The SMILES string of the molecule is CN(C[C@@H](N)CC1CCCOCC1)C(=O)OCC[Si](C)(C)C. The van der Waals surface area contributed by atoms with Gasteiger partial charge in [-0.1, -0.05) is 19.6 Å². The van der Waals surface area contributed by atoms with Crippen LogP contribution in [0.1, 0.15) is 25.7 Å². The molecule has 0 aromatic carbocycles. The summed E-state index contributed by atoms with van der Waals surface area (Å²) in [4.78, 5) is 13.6. The highest BCUT2D eigenvalue weighted by Gasteiger charge is 2.20. The van der Waals surface area contributed by atoms with Gasteiger partial charge in [0.15, 0.2) is 0 Å². The summed E-state index contributed by atoms with van der Waals surface area (Å²) in [6, 6.07) is 1.01. The summed E-state index contributed by atoms with van der Waals surface area (Å²) in [5.41, 5.74) is 6.21. The zero-order valence-corrected chi connectivity index (χ0v) is 15.8. The monoisotopic (exact) mass is 330 g/mol. The lowest BCUT2D eigenvalue weighted by Crippen LogP contribution is -2.40. The third-order valence-corrected chi connectivity index (χ3v) is 5.81. The molecule has 2 atom stereocenters. The maximum atomic E-state index is 12.0. The highest BCUT2D eigenvalue weighted by molar-refractivity contribution is 6.76. The van der Waals surface area contributed by atoms with Gasteiger partial charge in [0.25, 0.3) is 0 Å². The molecule has 130 valence electrons. The number of hydrogen-bond acceptors (Lipinski definition) is 4. The summed E-state index contributed by atoms with van der Waals surface area (Å²) in [6.07, 6.45) is 4.08. The molecule has 0 saturated carbocycles. The van der Waals surface area contributed by atoms with Crippen LogP contribution in [0, 0.1) is 5.92 Å². The average Bonchev–Trinajstić information content (AvgIpc) is 2.65. The molecule has 0 spiro atoms. The second-order valence-electron chi connectivity index (χ2n) is 7.71. The lowest BCUT2D eigenvalue weighted by atomic mass is 9.93. The molecule has 1 fully saturated rings. The van der Waals surface area contributed by atoms with Crippen LogP contribution in [0.3, 0.4) is 0 Å². The van der Waals surface area contributed by atoms with E-state index in [-0.39, 0.29) is 12.1 Å². The number of rotatable bonds is 7. The number of nitrogens with two attached hydrogens (primary N) is 1. The minimum atomic E-state index is -1.16. The van der Waals surface area contributed by atoms with E-state index < -0.39 is 8.07 Å². The van der Waals surface area contributed by atoms with Crippen molar-refractivity contribution in [3.8, 4) is 0 Å². The zero-order valence-electron chi connectivity index (χ0n) is 14.8. The molecule has 1 unspecified atom stereocenters. The molecule has 22 heavy (non-hydrogen) atoms. The summed E-state index contributed by atoms with van der Waals surface area (Å²) >= 11 is 0. The number of ether oxygens (including phenoxy) is 2. The number of carbonyl (C=O) groups is 1. The molecule has 1 heterocycles. The first kappa shape index (κ1) is 19.5. The van der Waals surface area contributed by atoms with E-state index >= 15 is 0 Å². The molecule has 1 aliphatic heterocycles. The molecule has 6 heteroatoms. The molecule has 0 radical (unpaired) electrons. The van der Waals surface area contributed by atoms with Gasteiger partial charge in [0.05, 0.1) is 6.61 Å². The Balaban J connectivity index is 2.24. The summed E-state index contributed by atoms with van der Waals surface area (Å²) in [6.45, 7) is 9.61. The van der Waals surface area contributed by atoms with Crippen LogP contribution >= 0.6 is 0 Å². The molecular formula is C16H34N2O3Si. The number of likely N-dealkylation sites (N-methyl/N-ethyl adjacent to an activating group) is 1. The molecule has 0 aromatic rings. The number of carbonyl (C=O) groups excluding carboxylic acids is 1. The van der Waals surface area contributed by atoms with Gasteiger partial charge < -0.3 is 20.1 Å². The van der Waals surface area contributed by atoms with Crippen LogP contribution in [0.4, 0.5) is 4.79 Å². The van der Waals surface area contributed by atoms with E-state index in [0.717, 1.165) is 38.5 Å². The van der Waals surface area contributed by atoms with Crippen molar-refractivity contribution in [2.45, 2.75) is 57.4 Å². The fourth-order valence-electron chi connectivity index (χ4n) is 2.69. The predicted molar refractivity (Wildman–Crippen MR) is 92.9 cm³/mol. The first-order valence-corrected chi connectivity index (χ1v) is 12.2. The summed E-state index contributed by atoms with van der Waals surface area (Å²) in [5, 5.41) is 0. The summed E-state index contributed by atoms with van der Waals surface area (Å²) in [5.74, 6) is 0.619. The molecule has 1 aliphatic rings. The maximum absolute atomic E-state index is 12.0. The molecule has 1 amide bonds. The van der Waals surface area contributed by atoms with Gasteiger partial charge in [0.2, 0.25) is 0 Å². The van der Waals surface area contributed by atoms with Crippen LogP contribution < -0.4 is 5.73 Å². The van der Waals surface area contributed by atoms with Crippen LogP contribution in [-0.2, 0) is 9.47 Å². The van der Waals surface area contributed by atoms with Crippen LogP contribution in [-0.4, -0.2) is 58.5 Å². The molecule has 1 rings (SSSR count). The molecule has 1 saturated heterocycles. The van der Waals surface area contributed by atoms with E-state index in [4.69, 9.17) is 15.2 Å². The highest BCUT2D eigenvalue weighted by atomic mass is 28.3. The van der Waals surface area contributed by atoms with Crippen LogP contribution in [0.25, 0.3) is 0 Å². The molecule has 2 N–H and O–H groups in total. The summed E-state index contributed by atoms with van der Waals surface area (Å²) in [7, 11) is 0.613. The van der Waals surface area contributed by atoms with E-state index in [0.29, 0.717) is 19.1 Å². The smallest absolute Gasteiger partial charge is 0.409 e. The number of hydrogen-bond donors (Lipinski definition) is 1. The topological polar surface area (TPSA) is 64.8 Å². The molecule has 0 bridgehead atoms. The van der Waals surface area contributed by atoms with E-state index in [1.807, 2.05) is 0 Å². The highest BCUT2D eigenvalue weighted by Crippen LogP contribution is 2.20. The van der Waals surface area contributed by atoms with Gasteiger partial charge >= 0.3 is 6.09 Å². The van der Waals surface area contributed by atoms with Crippen molar-refractivity contribution in [2.75, 3.05) is 33.4 Å². The van der Waals surface area contributed by atoms with Crippen molar-refractivity contribution in [1.82, 2.24) is 4.90 Å². The minimum absolute atomic E-state index is 0.0117. The van der Waals surface area contributed by atoms with Crippen molar-refractivity contribution in [1.29, 1.82) is 0 Å². The second-order valence-corrected chi connectivity index (χ2v) is 13.3. The van der Waals surface area contributed by atoms with Gasteiger partial charge in [-0.2, -0.15) is 0 Å². The van der Waals surface area contributed by atoms with Crippen molar-refractivity contribution >= 4 is 14.2 Å². The van der Waals surface area contributed by atoms with Crippen LogP contribution in [0.15, 0.2) is 0 Å². The largest absolute Gasteiger partial charge is 0.450 e. The molecule has 0 aromatic heterocycles. The fraction of sp³-hybridized carbons (Fsp3) is 0.938. The van der Waals surface area contributed by atoms with Crippen molar-refractivity contribution in [2.24, 2.45) is 11.7 Å². The van der Waals surface area contributed by atoms with Gasteiger partial charge in [-0.25, -0.2) is 4.79 Å². The summed E-state index contributed by atoms with van der Waals surface area (Å²) < 4.78 is 10.8. The van der Waals surface area contributed by atoms with Gasteiger partial charge in [-0.3, -0.25) is 0 Å². The van der Waals surface area contributed by atoms with Crippen molar-refractivity contribution in [3.05, 3.63) is 0 Å². The van der Waals surface area contributed by atoms with E-state index in [2.05, 4.69) is 19.6 Å². The van der Waals surface area contributed by atoms with Crippen LogP contribution in [0.5, 0.6) is 0 Å². The Labute approximate surface area is 136 Å². The molecule has 5 nitrogen and oxygen atoms in total. The standard InChI is InChI=1S/C16H34N2O3Si/c1-18(16(19)21-10-11-22(2,3)4)13-15(17)12-14-6-5-8-20-9-7-14/h14-15H,5-13,17H2,1-4H3/t14?,15-/m0/s1. The first-order chi connectivity index (χ1) is 10.3. The number of nitrogens with zero attached hydrogens (tertiary/aromatic N) is 1. The Morgan fingerprint density at radius 2 is 2.09 bits per heavy atom. The van der Waals surface area contributed by atoms with E-state index in [1.165, 1.54) is 6.42 Å². The Bertz CT molecular complexity index is 326. The number of amides is 1. The molecular weight excluding hydrogens is 296 g/mol. The van der Waals surface area contributed by atoms with Crippen LogP contribution in [0.2, 0.25) is 25.7 Å². The Morgan fingerprint density at radius 3 is 2.77 bits per heavy atom. The van der Waals surface area contributed by atoms with Gasteiger partial charge in [0, 0.05) is 40.9 Å². The third-order valence-electron chi connectivity index (χ3n) is 4.11.